The van der Waals surface area contributed by atoms with Crippen LogP contribution in [0.4, 0.5) is 5.82 Å². The van der Waals surface area contributed by atoms with Gasteiger partial charge < -0.3 is 15.8 Å². The molecule has 23 heavy (non-hydrogen) atoms. The lowest BCUT2D eigenvalue weighted by Gasteiger charge is -2.52. The Labute approximate surface area is 136 Å². The number of methoxy groups -OCH3 is 1. The summed E-state index contributed by atoms with van der Waals surface area (Å²) in [6, 6.07) is 1.72. The highest BCUT2D eigenvalue weighted by atomic mass is 16.5. The fourth-order valence-corrected chi connectivity index (χ4v) is 3.97. The zero-order chi connectivity index (χ0) is 16.5. The van der Waals surface area contributed by atoms with Gasteiger partial charge in [-0.2, -0.15) is 0 Å². The maximum atomic E-state index is 12.1. The number of fused-ring (bicyclic) bond motifs is 3. The molecule has 0 atom stereocenters. The summed E-state index contributed by atoms with van der Waals surface area (Å²) in [5.74, 6) is 0.411. The lowest BCUT2D eigenvalue weighted by atomic mass is 9.53. The van der Waals surface area contributed by atoms with Crippen molar-refractivity contribution in [1.82, 2.24) is 15.3 Å². The predicted molar refractivity (Wildman–Crippen MR) is 88.1 cm³/mol. The first kappa shape index (κ1) is 15.8. The molecule has 3 fully saturated rings. The summed E-state index contributed by atoms with van der Waals surface area (Å²) >= 11 is 0. The molecule has 0 spiro atoms. The summed E-state index contributed by atoms with van der Waals surface area (Å²) in [5.41, 5.74) is 7.20. The zero-order valence-electron chi connectivity index (χ0n) is 13.6. The number of nitrogens with zero attached hydrogens (tertiary/aromatic N) is 2. The molecule has 6 heteroatoms. The van der Waals surface area contributed by atoms with Crippen LogP contribution in [0.5, 0.6) is 0 Å². The molecule has 0 unspecified atom stereocenters. The van der Waals surface area contributed by atoms with E-state index in [1.807, 2.05) is 0 Å². The molecule has 2 bridgehead atoms. The lowest BCUT2D eigenvalue weighted by Crippen LogP contribution is -2.49. The Morgan fingerprint density at radius 1 is 1.30 bits per heavy atom. The van der Waals surface area contributed by atoms with E-state index in [0.717, 1.165) is 56.5 Å². The average Bonchev–Trinajstić information content (AvgIpc) is 2.60. The average molecular weight is 316 g/mol. The quantitative estimate of drug-likeness (QED) is 0.809. The van der Waals surface area contributed by atoms with Gasteiger partial charge in [-0.25, -0.2) is 9.97 Å². The standard InChI is InChI=1S/C17H24N4O2/c1-12(13-9-14(18)21-11-20-13)19-10-16-3-6-17(7-4-16,8-5-16)15(22)23-2/h9,11,19H,1,3-8,10H2,2H3,(H2,18,20,21). The van der Waals surface area contributed by atoms with Crippen molar-refractivity contribution in [3.05, 3.63) is 24.7 Å². The zero-order valence-corrected chi connectivity index (χ0v) is 13.6. The van der Waals surface area contributed by atoms with E-state index in [1.165, 1.54) is 13.4 Å². The highest BCUT2D eigenvalue weighted by Crippen LogP contribution is 2.57. The van der Waals surface area contributed by atoms with Gasteiger partial charge in [-0.1, -0.05) is 6.58 Å². The molecule has 3 aliphatic rings. The first-order valence-corrected chi connectivity index (χ1v) is 8.08. The number of nitrogen functional groups attached to an aromatic ring is 1. The molecule has 6 nitrogen and oxygen atoms in total. The Kier molecular flexibility index (Phi) is 4.00. The molecular weight excluding hydrogens is 292 g/mol. The molecule has 0 aromatic carbocycles. The van der Waals surface area contributed by atoms with Crippen LogP contribution in [0.1, 0.15) is 44.2 Å². The minimum absolute atomic E-state index is 0.0281. The molecule has 3 saturated carbocycles. The summed E-state index contributed by atoms with van der Waals surface area (Å²) in [7, 11) is 1.49. The molecule has 124 valence electrons. The van der Waals surface area contributed by atoms with E-state index in [4.69, 9.17) is 10.5 Å². The van der Waals surface area contributed by atoms with Crippen LogP contribution in [0.2, 0.25) is 0 Å². The Balaban J connectivity index is 1.60. The molecule has 1 aromatic heterocycles. The lowest BCUT2D eigenvalue weighted by molar-refractivity contribution is -0.162. The smallest absolute Gasteiger partial charge is 0.311 e. The van der Waals surface area contributed by atoms with Gasteiger partial charge in [0.15, 0.2) is 0 Å². The highest BCUT2D eigenvalue weighted by molar-refractivity contribution is 5.77. The maximum absolute atomic E-state index is 12.1. The van der Waals surface area contributed by atoms with Gasteiger partial charge in [0.25, 0.3) is 0 Å². The van der Waals surface area contributed by atoms with Gasteiger partial charge in [-0.15, -0.1) is 0 Å². The number of carbonyl (C=O) groups is 1. The fourth-order valence-electron chi connectivity index (χ4n) is 3.97. The van der Waals surface area contributed by atoms with E-state index in [9.17, 15) is 4.79 Å². The third-order valence-corrected chi connectivity index (χ3v) is 5.69. The molecule has 3 N–H and O–H groups in total. The topological polar surface area (TPSA) is 90.1 Å². The van der Waals surface area contributed by atoms with Gasteiger partial charge in [0.1, 0.15) is 12.1 Å². The van der Waals surface area contributed by atoms with E-state index < -0.39 is 0 Å². The van der Waals surface area contributed by atoms with Gasteiger partial charge in [0, 0.05) is 12.6 Å². The van der Waals surface area contributed by atoms with Crippen LogP contribution in [-0.4, -0.2) is 29.6 Å². The summed E-state index contributed by atoms with van der Waals surface area (Å²) in [4.78, 5) is 20.1. The summed E-state index contributed by atoms with van der Waals surface area (Å²) in [5, 5.41) is 3.41. The molecule has 1 heterocycles. The van der Waals surface area contributed by atoms with Gasteiger partial charge in [-0.3, -0.25) is 4.79 Å². The third kappa shape index (κ3) is 2.90. The Morgan fingerprint density at radius 2 is 1.96 bits per heavy atom. The van der Waals surface area contributed by atoms with Crippen LogP contribution in [0, 0.1) is 10.8 Å². The van der Waals surface area contributed by atoms with Crippen LogP contribution in [0.25, 0.3) is 5.70 Å². The Hall–Kier alpha value is -2.11. The number of anilines is 1. The largest absolute Gasteiger partial charge is 0.469 e. The second-order valence-corrected chi connectivity index (χ2v) is 6.93. The summed E-state index contributed by atoms with van der Waals surface area (Å²) in [6.45, 7) is 4.91. The van der Waals surface area contributed by atoms with E-state index in [2.05, 4.69) is 21.9 Å². The number of hydrogen-bond acceptors (Lipinski definition) is 6. The number of rotatable bonds is 5. The first-order valence-electron chi connectivity index (χ1n) is 8.08. The second kappa shape index (κ2) is 5.83. The number of esters is 1. The van der Waals surface area contributed by atoms with Gasteiger partial charge in [0.2, 0.25) is 0 Å². The van der Waals surface area contributed by atoms with E-state index in [0.29, 0.717) is 5.82 Å². The number of hydrogen-bond donors (Lipinski definition) is 2. The minimum Gasteiger partial charge on any atom is -0.469 e. The normalized spacial score (nSPS) is 29.1. The molecule has 0 radical (unpaired) electrons. The fraction of sp³-hybridized carbons (Fsp3) is 0.588. The SMILES string of the molecule is C=C(NCC12CCC(C(=O)OC)(CC1)CC2)c1cc(N)ncn1. The third-order valence-electron chi connectivity index (χ3n) is 5.69. The summed E-state index contributed by atoms with van der Waals surface area (Å²) in [6.07, 6.45) is 7.37. The van der Waals surface area contributed by atoms with Gasteiger partial charge >= 0.3 is 5.97 Å². The number of aromatic nitrogens is 2. The van der Waals surface area contributed by atoms with Crippen molar-refractivity contribution in [3.63, 3.8) is 0 Å². The number of ether oxygens (including phenoxy) is 1. The molecule has 0 saturated heterocycles. The molecule has 1 aromatic rings. The first-order chi connectivity index (χ1) is 11.0. The van der Waals surface area contributed by atoms with Crippen molar-refractivity contribution in [2.75, 3.05) is 19.4 Å². The molecule has 4 rings (SSSR count). The van der Waals surface area contributed by atoms with Crippen LogP contribution in [0.15, 0.2) is 19.0 Å². The monoisotopic (exact) mass is 316 g/mol. The minimum atomic E-state index is -0.228. The van der Waals surface area contributed by atoms with Crippen LogP contribution in [0.3, 0.4) is 0 Å². The van der Waals surface area contributed by atoms with Crippen LogP contribution in [-0.2, 0) is 9.53 Å². The van der Waals surface area contributed by atoms with Crippen LogP contribution < -0.4 is 11.1 Å². The molecule has 0 amide bonds. The van der Waals surface area contributed by atoms with E-state index >= 15 is 0 Å². The number of nitrogens with one attached hydrogen (secondary N) is 1. The highest BCUT2D eigenvalue weighted by Gasteiger charge is 2.52. The van der Waals surface area contributed by atoms with Crippen molar-refractivity contribution < 1.29 is 9.53 Å². The second-order valence-electron chi connectivity index (χ2n) is 6.93. The van der Waals surface area contributed by atoms with E-state index in [-0.39, 0.29) is 16.8 Å². The van der Waals surface area contributed by atoms with Crippen LogP contribution >= 0.6 is 0 Å². The van der Waals surface area contributed by atoms with Crippen molar-refractivity contribution in [2.45, 2.75) is 38.5 Å². The Bertz CT molecular complexity index is 604. The maximum Gasteiger partial charge on any atom is 0.311 e. The summed E-state index contributed by atoms with van der Waals surface area (Å²) < 4.78 is 5.01. The predicted octanol–water partition coefficient (Wildman–Crippen LogP) is 2.13. The van der Waals surface area contributed by atoms with Crippen molar-refractivity contribution >= 4 is 17.5 Å². The Morgan fingerprint density at radius 3 is 2.52 bits per heavy atom. The molecular formula is C17H24N4O2. The van der Waals surface area contributed by atoms with Crippen molar-refractivity contribution in [3.8, 4) is 0 Å². The van der Waals surface area contributed by atoms with E-state index in [1.54, 1.807) is 6.07 Å². The van der Waals surface area contributed by atoms with Gasteiger partial charge in [-0.05, 0) is 43.9 Å². The number of carbonyl (C=O) groups excluding carboxylic acids is 1. The van der Waals surface area contributed by atoms with Crippen molar-refractivity contribution in [1.29, 1.82) is 0 Å². The van der Waals surface area contributed by atoms with Gasteiger partial charge in [0.05, 0.1) is 23.9 Å². The number of nitrogens with two attached hydrogens (primary N) is 1. The molecule has 3 aliphatic carbocycles. The molecule has 0 aliphatic heterocycles. The van der Waals surface area contributed by atoms with Crippen molar-refractivity contribution in [2.24, 2.45) is 10.8 Å².